The van der Waals surface area contributed by atoms with Crippen molar-refractivity contribution in [3.8, 4) is 51.2 Å². The fourth-order valence-electron chi connectivity index (χ4n) is 11.4. The maximum atomic E-state index is 5.44. The molecule has 330 valence electrons. The van der Waals surface area contributed by atoms with Crippen LogP contribution in [0.15, 0.2) is 243 Å². The highest BCUT2D eigenvalue weighted by Crippen LogP contribution is 2.46. The van der Waals surface area contributed by atoms with Crippen molar-refractivity contribution in [3.05, 3.63) is 243 Å². The molecule has 6 nitrogen and oxygen atoms in total. The van der Waals surface area contributed by atoms with E-state index in [-0.39, 0.29) is 0 Å². The van der Waals surface area contributed by atoms with Gasteiger partial charge in [0.2, 0.25) is 0 Å². The van der Waals surface area contributed by atoms with E-state index in [2.05, 4.69) is 220 Å². The summed E-state index contributed by atoms with van der Waals surface area (Å²) in [5, 5.41) is 11.8. The van der Waals surface area contributed by atoms with Crippen LogP contribution in [0.25, 0.3) is 138 Å². The Labute approximate surface area is 407 Å². The van der Waals surface area contributed by atoms with Gasteiger partial charge in [0.15, 0.2) is 17.5 Å². The van der Waals surface area contributed by atoms with E-state index in [1.54, 1.807) is 0 Å². The zero-order valence-corrected chi connectivity index (χ0v) is 38.3. The Bertz CT molecular complexity index is 4350. The number of hydrogen-bond acceptors (Lipinski definition) is 3. The average Bonchev–Trinajstić information content (AvgIpc) is 4.09. The van der Waals surface area contributed by atoms with Crippen LogP contribution >= 0.6 is 0 Å². The van der Waals surface area contributed by atoms with Gasteiger partial charge in [-0.15, -0.1) is 0 Å². The minimum Gasteiger partial charge on any atom is -0.306 e. The number of para-hydroxylation sites is 4. The Hall–Kier alpha value is -9.65. The Balaban J connectivity index is 1.21. The Morgan fingerprint density at radius 3 is 0.986 bits per heavy atom. The molecule has 0 aliphatic rings. The van der Waals surface area contributed by atoms with Gasteiger partial charge in [0, 0.05) is 59.8 Å². The summed E-state index contributed by atoms with van der Waals surface area (Å²) >= 11 is 0. The van der Waals surface area contributed by atoms with Crippen LogP contribution in [0.1, 0.15) is 0 Å². The fraction of sp³-hybridized carbons (Fsp3) is 0. The Morgan fingerprint density at radius 2 is 0.563 bits per heavy atom. The minimum atomic E-state index is 0.574. The smallest absolute Gasteiger partial charge is 0.164 e. The molecule has 0 saturated carbocycles. The van der Waals surface area contributed by atoms with Gasteiger partial charge in [-0.1, -0.05) is 206 Å². The van der Waals surface area contributed by atoms with E-state index >= 15 is 0 Å². The van der Waals surface area contributed by atoms with Crippen LogP contribution in [0.4, 0.5) is 0 Å². The zero-order chi connectivity index (χ0) is 46.6. The molecule has 15 aromatic rings. The van der Waals surface area contributed by atoms with Gasteiger partial charge in [-0.05, 0) is 47.2 Å². The Kier molecular flexibility index (Phi) is 8.56. The summed E-state index contributed by atoms with van der Waals surface area (Å²) in [6.07, 6.45) is 0. The molecule has 0 unspecified atom stereocenters. The predicted octanol–water partition coefficient (Wildman–Crippen LogP) is 16.5. The van der Waals surface area contributed by atoms with Gasteiger partial charge in [0.1, 0.15) is 0 Å². The molecule has 0 amide bonds. The van der Waals surface area contributed by atoms with Crippen molar-refractivity contribution < 1.29 is 0 Å². The van der Waals surface area contributed by atoms with Crippen molar-refractivity contribution in [1.29, 1.82) is 0 Å². The SMILES string of the molecule is c1ccc(-c2nc(-c3ccccc3)nc(-c3cc(-n4c5ccccc5c5ccc6ccccc6c54)c(-n4c5ccccc5c5ccccc54)c(-n4c5ccccc5c5ccc6ccccc6c54)c3)n2)cc1. The first kappa shape index (κ1) is 39.4. The maximum Gasteiger partial charge on any atom is 0.164 e. The topological polar surface area (TPSA) is 53.5 Å². The second-order valence-electron chi connectivity index (χ2n) is 18.3. The first-order valence-corrected chi connectivity index (χ1v) is 24.1. The van der Waals surface area contributed by atoms with E-state index < -0.39 is 0 Å². The third-order valence-electron chi connectivity index (χ3n) is 14.4. The summed E-state index contributed by atoms with van der Waals surface area (Å²) in [7, 11) is 0. The highest BCUT2D eigenvalue weighted by molar-refractivity contribution is 6.21. The first-order chi connectivity index (χ1) is 35.2. The van der Waals surface area contributed by atoms with Gasteiger partial charge in [-0.3, -0.25) is 0 Å². The lowest BCUT2D eigenvalue weighted by atomic mass is 10.0. The maximum absolute atomic E-state index is 5.44. The molecule has 0 radical (unpaired) electrons. The normalized spacial score (nSPS) is 11.9. The third kappa shape index (κ3) is 5.92. The largest absolute Gasteiger partial charge is 0.306 e. The molecule has 4 aromatic heterocycles. The van der Waals surface area contributed by atoms with E-state index in [1.165, 1.54) is 53.9 Å². The second-order valence-corrected chi connectivity index (χ2v) is 18.3. The number of rotatable bonds is 6. The van der Waals surface area contributed by atoms with Crippen molar-refractivity contribution >= 4 is 87.0 Å². The van der Waals surface area contributed by atoms with Gasteiger partial charge in [0.05, 0.1) is 50.2 Å². The number of nitrogens with zero attached hydrogens (tertiary/aromatic N) is 6. The summed E-state index contributed by atoms with van der Waals surface area (Å²) in [5.41, 5.74) is 12.4. The number of fused-ring (bicyclic) bond motifs is 13. The molecule has 0 aliphatic heterocycles. The lowest BCUT2D eigenvalue weighted by Crippen LogP contribution is -2.11. The van der Waals surface area contributed by atoms with Crippen molar-refractivity contribution in [2.45, 2.75) is 0 Å². The molecule has 0 bridgehead atoms. The molecule has 11 aromatic carbocycles. The van der Waals surface area contributed by atoms with Crippen LogP contribution in [-0.4, -0.2) is 28.7 Å². The second kappa shape index (κ2) is 15.4. The molecule has 0 fully saturated rings. The number of hydrogen-bond donors (Lipinski definition) is 0. The third-order valence-corrected chi connectivity index (χ3v) is 14.4. The van der Waals surface area contributed by atoms with E-state index in [0.29, 0.717) is 17.5 Å². The molecule has 0 N–H and O–H groups in total. The van der Waals surface area contributed by atoms with Gasteiger partial charge in [0.25, 0.3) is 0 Å². The lowest BCUT2D eigenvalue weighted by molar-refractivity contribution is 1.04. The molecular formula is C65H40N6. The molecule has 15 rings (SSSR count). The van der Waals surface area contributed by atoms with E-state index in [0.717, 1.165) is 66.9 Å². The van der Waals surface area contributed by atoms with Crippen LogP contribution in [0.2, 0.25) is 0 Å². The van der Waals surface area contributed by atoms with Gasteiger partial charge in [-0.2, -0.15) is 0 Å². The van der Waals surface area contributed by atoms with Gasteiger partial charge in [-0.25, -0.2) is 15.0 Å². The van der Waals surface area contributed by atoms with E-state index in [4.69, 9.17) is 15.0 Å². The summed E-state index contributed by atoms with van der Waals surface area (Å²) in [4.78, 5) is 16.0. The quantitative estimate of drug-likeness (QED) is 0.167. The molecule has 4 heterocycles. The minimum absolute atomic E-state index is 0.574. The van der Waals surface area contributed by atoms with Crippen LogP contribution in [0, 0.1) is 0 Å². The standard InChI is InChI=1S/C65H40N6/c1-3-21-43(22-4-1)63-66-64(44-23-5-2-6-24-44)68-65(67-63)45-39-58(70-56-33-17-13-29-50(56)52-37-35-41-19-7-9-25-46(41)60(52)70)62(69-54-31-15-11-27-48(54)49-28-12-16-32-55(49)69)59(40-45)71-57-34-18-14-30-51(57)53-38-36-42-20-8-10-26-47(42)61(53)71/h1-40H. The zero-order valence-electron chi connectivity index (χ0n) is 38.3. The summed E-state index contributed by atoms with van der Waals surface area (Å²) < 4.78 is 7.54. The number of aromatic nitrogens is 6. The average molecular weight is 905 g/mol. The summed E-state index contributed by atoms with van der Waals surface area (Å²) in [6.45, 7) is 0. The van der Waals surface area contributed by atoms with Crippen LogP contribution in [0.3, 0.4) is 0 Å². The highest BCUT2D eigenvalue weighted by Gasteiger charge is 2.28. The van der Waals surface area contributed by atoms with Gasteiger partial charge >= 0.3 is 0 Å². The Morgan fingerprint density at radius 1 is 0.239 bits per heavy atom. The highest BCUT2D eigenvalue weighted by atomic mass is 15.1. The molecule has 0 aliphatic carbocycles. The number of benzene rings is 11. The van der Waals surface area contributed by atoms with Crippen LogP contribution in [-0.2, 0) is 0 Å². The monoisotopic (exact) mass is 904 g/mol. The summed E-state index contributed by atoms with van der Waals surface area (Å²) in [6, 6.07) is 87.2. The molecule has 0 spiro atoms. The van der Waals surface area contributed by atoms with Crippen LogP contribution in [0.5, 0.6) is 0 Å². The molecule has 0 saturated heterocycles. The van der Waals surface area contributed by atoms with Crippen molar-refractivity contribution in [2.24, 2.45) is 0 Å². The van der Waals surface area contributed by atoms with Crippen molar-refractivity contribution in [3.63, 3.8) is 0 Å². The van der Waals surface area contributed by atoms with Crippen LogP contribution < -0.4 is 0 Å². The van der Waals surface area contributed by atoms with E-state index in [9.17, 15) is 0 Å². The van der Waals surface area contributed by atoms with E-state index in [1.807, 2.05) is 36.4 Å². The molecule has 0 atom stereocenters. The first-order valence-electron chi connectivity index (χ1n) is 24.1. The fourth-order valence-corrected chi connectivity index (χ4v) is 11.4. The molecule has 6 heteroatoms. The van der Waals surface area contributed by atoms with Crippen molar-refractivity contribution in [2.75, 3.05) is 0 Å². The van der Waals surface area contributed by atoms with Crippen molar-refractivity contribution in [1.82, 2.24) is 28.7 Å². The molecular weight excluding hydrogens is 865 g/mol. The molecule has 71 heavy (non-hydrogen) atoms. The van der Waals surface area contributed by atoms with Gasteiger partial charge < -0.3 is 13.7 Å². The predicted molar refractivity (Wildman–Crippen MR) is 294 cm³/mol. The summed E-state index contributed by atoms with van der Waals surface area (Å²) in [5.74, 6) is 1.79. The lowest BCUT2D eigenvalue weighted by Gasteiger charge is -2.24.